The van der Waals surface area contributed by atoms with Gasteiger partial charge in [-0.2, -0.15) is 0 Å². The van der Waals surface area contributed by atoms with E-state index in [1.807, 2.05) is 32.9 Å². The third-order valence-electron chi connectivity index (χ3n) is 2.78. The molecule has 98 valence electrons. The summed E-state index contributed by atoms with van der Waals surface area (Å²) in [6, 6.07) is 3.67. The van der Waals surface area contributed by atoms with E-state index in [4.69, 9.17) is 9.47 Å². The van der Waals surface area contributed by atoms with Crippen molar-refractivity contribution in [3.8, 4) is 0 Å². The molecule has 18 heavy (non-hydrogen) atoms. The van der Waals surface area contributed by atoms with Gasteiger partial charge < -0.3 is 14.8 Å². The Hall–Kier alpha value is -1.46. The predicted octanol–water partition coefficient (Wildman–Crippen LogP) is 1.27. The van der Waals surface area contributed by atoms with Crippen LogP contribution in [0.1, 0.15) is 29.9 Å². The summed E-state index contributed by atoms with van der Waals surface area (Å²) in [6.45, 7) is 6.50. The van der Waals surface area contributed by atoms with Crippen LogP contribution in [0.2, 0.25) is 0 Å². The topological polar surface area (TPSA) is 60.5 Å². The van der Waals surface area contributed by atoms with Crippen molar-refractivity contribution >= 4 is 5.91 Å². The van der Waals surface area contributed by atoms with Gasteiger partial charge in [0.1, 0.15) is 11.8 Å². The van der Waals surface area contributed by atoms with Crippen molar-refractivity contribution in [3.63, 3.8) is 0 Å². The van der Waals surface area contributed by atoms with Gasteiger partial charge in [-0.05, 0) is 32.4 Å². The number of pyridine rings is 1. The van der Waals surface area contributed by atoms with E-state index in [0.29, 0.717) is 18.8 Å². The van der Waals surface area contributed by atoms with Crippen LogP contribution in [0.25, 0.3) is 0 Å². The summed E-state index contributed by atoms with van der Waals surface area (Å²) in [5.41, 5.74) is 1.31. The average Bonchev–Trinajstić information content (AvgIpc) is 2.66. The van der Waals surface area contributed by atoms with E-state index >= 15 is 0 Å². The molecule has 1 aliphatic rings. The Bertz CT molecular complexity index is 446. The lowest BCUT2D eigenvalue weighted by atomic mass is 10.2. The minimum atomic E-state index is -0.559. The number of hydrogen-bond acceptors (Lipinski definition) is 4. The maximum absolute atomic E-state index is 11.9. The minimum Gasteiger partial charge on any atom is -0.348 e. The summed E-state index contributed by atoms with van der Waals surface area (Å²) < 4.78 is 11.0. The van der Waals surface area contributed by atoms with Gasteiger partial charge in [-0.3, -0.25) is 9.78 Å². The fourth-order valence-corrected chi connectivity index (χ4v) is 1.88. The summed E-state index contributed by atoms with van der Waals surface area (Å²) in [7, 11) is 0. The van der Waals surface area contributed by atoms with Crippen molar-refractivity contribution < 1.29 is 14.3 Å². The molecule has 5 nitrogen and oxygen atoms in total. The number of nitrogens with zero attached hydrogens (tertiary/aromatic N) is 1. The molecule has 2 heterocycles. The first-order valence-corrected chi connectivity index (χ1v) is 5.99. The third kappa shape index (κ3) is 3.05. The highest BCUT2D eigenvalue weighted by atomic mass is 16.7. The smallest absolute Gasteiger partial charge is 0.270 e. The maximum atomic E-state index is 11.9. The standard InChI is InChI=1S/C13H18N2O3/c1-9-5-4-6-14-11(9)12(16)15-7-10-8-17-13(2,3)18-10/h4-6,10H,7-8H2,1-3H3,(H,15,16). The molecule has 5 heteroatoms. The van der Waals surface area contributed by atoms with Crippen LogP contribution < -0.4 is 5.32 Å². The van der Waals surface area contributed by atoms with Crippen LogP contribution in [0.5, 0.6) is 0 Å². The molecule has 1 saturated heterocycles. The largest absolute Gasteiger partial charge is 0.348 e. The molecule has 1 aromatic heterocycles. The highest BCUT2D eigenvalue weighted by Crippen LogP contribution is 2.21. The van der Waals surface area contributed by atoms with Gasteiger partial charge in [-0.1, -0.05) is 6.07 Å². The molecule has 1 aliphatic heterocycles. The van der Waals surface area contributed by atoms with Gasteiger partial charge in [0.2, 0.25) is 0 Å². The number of ether oxygens (including phenoxy) is 2. The van der Waals surface area contributed by atoms with E-state index in [1.54, 1.807) is 6.20 Å². The van der Waals surface area contributed by atoms with Gasteiger partial charge in [0.25, 0.3) is 5.91 Å². The highest BCUT2D eigenvalue weighted by molar-refractivity contribution is 5.93. The van der Waals surface area contributed by atoms with Crippen LogP contribution in [0, 0.1) is 6.92 Å². The van der Waals surface area contributed by atoms with Crippen LogP contribution in [0.15, 0.2) is 18.3 Å². The number of rotatable bonds is 3. The molecule has 1 atom stereocenters. The Morgan fingerprint density at radius 3 is 3.00 bits per heavy atom. The summed E-state index contributed by atoms with van der Waals surface area (Å²) in [4.78, 5) is 16.0. The molecule has 1 unspecified atom stereocenters. The van der Waals surface area contributed by atoms with Gasteiger partial charge in [-0.25, -0.2) is 0 Å². The van der Waals surface area contributed by atoms with Gasteiger partial charge in [-0.15, -0.1) is 0 Å². The van der Waals surface area contributed by atoms with Crippen LogP contribution in [-0.4, -0.2) is 35.9 Å². The summed E-state index contributed by atoms with van der Waals surface area (Å²) in [6.07, 6.45) is 1.51. The molecule has 0 aromatic carbocycles. The zero-order chi connectivity index (χ0) is 13.2. The average molecular weight is 250 g/mol. The number of hydrogen-bond donors (Lipinski definition) is 1. The van der Waals surface area contributed by atoms with Crippen molar-refractivity contribution in [2.45, 2.75) is 32.7 Å². The summed E-state index contributed by atoms with van der Waals surface area (Å²) >= 11 is 0. The Morgan fingerprint density at radius 2 is 2.39 bits per heavy atom. The van der Waals surface area contributed by atoms with E-state index in [1.165, 1.54) is 0 Å². The van der Waals surface area contributed by atoms with E-state index in [9.17, 15) is 4.79 Å². The Labute approximate surface area is 107 Å². The second kappa shape index (κ2) is 5.04. The minimum absolute atomic E-state index is 0.104. The molecule has 0 saturated carbocycles. The monoisotopic (exact) mass is 250 g/mol. The quantitative estimate of drug-likeness (QED) is 0.877. The van der Waals surface area contributed by atoms with Gasteiger partial charge in [0.05, 0.1) is 6.61 Å². The first kappa shape index (κ1) is 13.0. The normalized spacial score (nSPS) is 21.8. The van der Waals surface area contributed by atoms with Gasteiger partial charge in [0, 0.05) is 12.7 Å². The fourth-order valence-electron chi connectivity index (χ4n) is 1.88. The molecule has 0 bridgehead atoms. The van der Waals surface area contributed by atoms with Crippen molar-refractivity contribution in [2.75, 3.05) is 13.2 Å². The number of nitrogens with one attached hydrogen (secondary N) is 1. The van der Waals surface area contributed by atoms with Crippen LogP contribution in [0.4, 0.5) is 0 Å². The van der Waals surface area contributed by atoms with E-state index in [0.717, 1.165) is 5.56 Å². The number of amides is 1. The number of carbonyl (C=O) groups is 1. The number of aromatic nitrogens is 1. The highest BCUT2D eigenvalue weighted by Gasteiger charge is 2.32. The molecule has 1 aromatic rings. The first-order valence-electron chi connectivity index (χ1n) is 5.99. The Balaban J connectivity index is 1.88. The maximum Gasteiger partial charge on any atom is 0.270 e. The second-order valence-corrected chi connectivity index (χ2v) is 4.83. The number of aryl methyl sites for hydroxylation is 1. The molecule has 2 rings (SSSR count). The SMILES string of the molecule is Cc1cccnc1C(=O)NCC1COC(C)(C)O1. The molecular weight excluding hydrogens is 232 g/mol. The summed E-state index contributed by atoms with van der Waals surface area (Å²) in [5.74, 6) is -0.738. The Morgan fingerprint density at radius 1 is 1.61 bits per heavy atom. The van der Waals surface area contributed by atoms with E-state index in [2.05, 4.69) is 10.3 Å². The molecular formula is C13H18N2O3. The van der Waals surface area contributed by atoms with E-state index in [-0.39, 0.29) is 12.0 Å². The fraction of sp³-hybridized carbons (Fsp3) is 0.538. The van der Waals surface area contributed by atoms with Crippen molar-refractivity contribution in [1.29, 1.82) is 0 Å². The third-order valence-corrected chi connectivity index (χ3v) is 2.78. The van der Waals surface area contributed by atoms with Crippen LogP contribution in [0.3, 0.4) is 0 Å². The zero-order valence-corrected chi connectivity index (χ0v) is 10.9. The first-order chi connectivity index (χ1) is 8.48. The Kier molecular flexibility index (Phi) is 3.63. The molecule has 1 N–H and O–H groups in total. The van der Waals surface area contributed by atoms with E-state index < -0.39 is 5.79 Å². The summed E-state index contributed by atoms with van der Waals surface area (Å²) in [5, 5.41) is 2.81. The van der Waals surface area contributed by atoms with Crippen LogP contribution in [-0.2, 0) is 9.47 Å². The molecule has 0 aliphatic carbocycles. The van der Waals surface area contributed by atoms with Crippen molar-refractivity contribution in [3.05, 3.63) is 29.6 Å². The molecule has 1 amide bonds. The lowest BCUT2D eigenvalue weighted by molar-refractivity contribution is -0.137. The predicted molar refractivity (Wildman–Crippen MR) is 66.2 cm³/mol. The zero-order valence-electron chi connectivity index (χ0n) is 10.9. The number of carbonyl (C=O) groups excluding carboxylic acids is 1. The van der Waals surface area contributed by atoms with Crippen molar-refractivity contribution in [1.82, 2.24) is 10.3 Å². The lowest BCUT2D eigenvalue weighted by Crippen LogP contribution is -2.35. The lowest BCUT2D eigenvalue weighted by Gasteiger charge is -2.17. The van der Waals surface area contributed by atoms with Gasteiger partial charge in [0.15, 0.2) is 5.79 Å². The molecule has 0 radical (unpaired) electrons. The molecule has 1 fully saturated rings. The van der Waals surface area contributed by atoms with Gasteiger partial charge >= 0.3 is 0 Å². The van der Waals surface area contributed by atoms with Crippen LogP contribution >= 0.6 is 0 Å². The second-order valence-electron chi connectivity index (χ2n) is 4.83. The van der Waals surface area contributed by atoms with Crippen molar-refractivity contribution in [2.24, 2.45) is 0 Å². The molecule has 0 spiro atoms.